The van der Waals surface area contributed by atoms with Crippen molar-refractivity contribution >= 4 is 5.69 Å². The van der Waals surface area contributed by atoms with Crippen molar-refractivity contribution in [2.75, 3.05) is 31.6 Å². The van der Waals surface area contributed by atoms with Gasteiger partial charge in [0.05, 0.1) is 5.69 Å². The number of benzene rings is 1. The molecule has 1 fully saturated rings. The molecule has 0 saturated carbocycles. The van der Waals surface area contributed by atoms with Gasteiger partial charge in [-0.3, -0.25) is 4.90 Å². The van der Waals surface area contributed by atoms with Crippen LogP contribution >= 0.6 is 0 Å². The van der Waals surface area contributed by atoms with E-state index in [1.807, 2.05) is 0 Å². The van der Waals surface area contributed by atoms with Gasteiger partial charge < -0.3 is 10.1 Å². The van der Waals surface area contributed by atoms with Crippen LogP contribution in [0.25, 0.3) is 0 Å². The van der Waals surface area contributed by atoms with E-state index in [2.05, 4.69) is 42.3 Å². The van der Waals surface area contributed by atoms with Gasteiger partial charge in [-0.25, -0.2) is 0 Å². The lowest BCUT2D eigenvalue weighted by atomic mass is 10.0. The highest BCUT2D eigenvalue weighted by Crippen LogP contribution is 2.33. The first-order chi connectivity index (χ1) is 8.74. The van der Waals surface area contributed by atoms with Gasteiger partial charge in [-0.05, 0) is 17.9 Å². The van der Waals surface area contributed by atoms with Crippen LogP contribution in [0, 0.1) is 11.8 Å². The van der Waals surface area contributed by atoms with Crippen molar-refractivity contribution < 1.29 is 4.74 Å². The smallest absolute Gasteiger partial charge is 0.146 e. The van der Waals surface area contributed by atoms with Gasteiger partial charge in [-0.15, -0.1) is 0 Å². The monoisotopic (exact) mass is 246 g/mol. The number of rotatable bonds is 2. The summed E-state index contributed by atoms with van der Waals surface area (Å²) in [6.45, 7) is 9.81. The van der Waals surface area contributed by atoms with E-state index in [1.54, 1.807) is 0 Å². The third-order valence-corrected chi connectivity index (χ3v) is 4.22. The molecule has 0 aromatic heterocycles. The molecule has 1 N–H and O–H groups in total. The van der Waals surface area contributed by atoms with E-state index in [0.717, 1.165) is 43.0 Å². The lowest BCUT2D eigenvalue weighted by Crippen LogP contribution is -2.23. The van der Waals surface area contributed by atoms with Crippen LogP contribution < -0.4 is 10.1 Å². The summed E-state index contributed by atoms with van der Waals surface area (Å²) in [4.78, 5) is 2.54. The zero-order chi connectivity index (χ0) is 12.5. The van der Waals surface area contributed by atoms with Crippen molar-refractivity contribution in [3.05, 3.63) is 23.8 Å². The Balaban J connectivity index is 1.77. The maximum Gasteiger partial charge on any atom is 0.146 e. The Kier molecular flexibility index (Phi) is 3.16. The van der Waals surface area contributed by atoms with Crippen LogP contribution in [0.5, 0.6) is 5.75 Å². The van der Waals surface area contributed by atoms with E-state index >= 15 is 0 Å². The number of nitrogens with zero attached hydrogens (tertiary/aromatic N) is 1. The molecule has 2 aliphatic heterocycles. The summed E-state index contributed by atoms with van der Waals surface area (Å²) in [5, 5.41) is 3.40. The Morgan fingerprint density at radius 1 is 1.28 bits per heavy atom. The second kappa shape index (κ2) is 4.81. The minimum absolute atomic E-state index is 0.775. The molecule has 2 heterocycles. The Hall–Kier alpha value is -1.22. The zero-order valence-electron chi connectivity index (χ0n) is 11.3. The molecule has 2 unspecified atom stereocenters. The summed E-state index contributed by atoms with van der Waals surface area (Å²) in [5.74, 6) is 2.68. The number of hydrogen-bond acceptors (Lipinski definition) is 3. The predicted molar refractivity (Wildman–Crippen MR) is 74.0 cm³/mol. The predicted octanol–water partition coefficient (Wildman–Crippen LogP) is 2.58. The van der Waals surface area contributed by atoms with E-state index in [9.17, 15) is 0 Å². The standard InChI is InChI=1S/C15H22N2O/c1-11-8-17(9-12(11)2)10-13-4-3-5-14-15(13)18-7-6-16-14/h3-5,11-12,16H,6-10H2,1-2H3. The van der Waals surface area contributed by atoms with E-state index in [0.29, 0.717) is 0 Å². The highest BCUT2D eigenvalue weighted by molar-refractivity contribution is 5.61. The van der Waals surface area contributed by atoms with Crippen LogP contribution in [0.4, 0.5) is 5.69 Å². The highest BCUT2D eigenvalue weighted by atomic mass is 16.5. The van der Waals surface area contributed by atoms with E-state index < -0.39 is 0 Å². The fraction of sp³-hybridized carbons (Fsp3) is 0.600. The Labute approximate surface area is 109 Å². The maximum absolute atomic E-state index is 5.83. The van der Waals surface area contributed by atoms with Gasteiger partial charge >= 0.3 is 0 Å². The molecule has 2 atom stereocenters. The first-order valence-electron chi connectivity index (χ1n) is 6.95. The SMILES string of the molecule is CC1CN(Cc2cccc3c2OCCN3)CC1C. The summed E-state index contributed by atoms with van der Waals surface area (Å²) < 4.78 is 5.83. The number of fused-ring (bicyclic) bond motifs is 1. The van der Waals surface area contributed by atoms with Crippen molar-refractivity contribution in [3.8, 4) is 5.75 Å². The van der Waals surface area contributed by atoms with Crippen molar-refractivity contribution in [1.29, 1.82) is 0 Å². The van der Waals surface area contributed by atoms with Crippen molar-refractivity contribution in [1.82, 2.24) is 4.90 Å². The van der Waals surface area contributed by atoms with E-state index in [-0.39, 0.29) is 0 Å². The summed E-state index contributed by atoms with van der Waals surface area (Å²) >= 11 is 0. The number of ether oxygens (including phenoxy) is 1. The van der Waals surface area contributed by atoms with Crippen molar-refractivity contribution in [3.63, 3.8) is 0 Å². The van der Waals surface area contributed by atoms with Crippen LogP contribution in [0.15, 0.2) is 18.2 Å². The number of nitrogens with one attached hydrogen (secondary N) is 1. The summed E-state index contributed by atoms with van der Waals surface area (Å²) in [6, 6.07) is 6.42. The average Bonchev–Trinajstić information content (AvgIpc) is 2.69. The Morgan fingerprint density at radius 2 is 2.06 bits per heavy atom. The van der Waals surface area contributed by atoms with Gasteiger partial charge in [-0.2, -0.15) is 0 Å². The van der Waals surface area contributed by atoms with Crippen molar-refractivity contribution in [2.24, 2.45) is 11.8 Å². The lowest BCUT2D eigenvalue weighted by Gasteiger charge is -2.24. The number of likely N-dealkylation sites (tertiary alicyclic amines) is 1. The lowest BCUT2D eigenvalue weighted by molar-refractivity contribution is 0.290. The number of hydrogen-bond donors (Lipinski definition) is 1. The minimum Gasteiger partial charge on any atom is -0.489 e. The van der Waals surface area contributed by atoms with E-state index in [4.69, 9.17) is 4.74 Å². The molecular weight excluding hydrogens is 224 g/mol. The largest absolute Gasteiger partial charge is 0.489 e. The van der Waals surface area contributed by atoms with Crippen molar-refractivity contribution in [2.45, 2.75) is 20.4 Å². The van der Waals surface area contributed by atoms with Gasteiger partial charge in [0.1, 0.15) is 12.4 Å². The van der Waals surface area contributed by atoms with Crippen LogP contribution in [0.2, 0.25) is 0 Å². The second-order valence-electron chi connectivity index (χ2n) is 5.72. The van der Waals surface area contributed by atoms with Gasteiger partial charge in [0.2, 0.25) is 0 Å². The second-order valence-corrected chi connectivity index (χ2v) is 5.72. The molecule has 0 radical (unpaired) electrons. The molecule has 3 nitrogen and oxygen atoms in total. The molecular formula is C15H22N2O. The highest BCUT2D eigenvalue weighted by Gasteiger charge is 2.27. The number of para-hydroxylation sites is 1. The van der Waals surface area contributed by atoms with Crippen LogP contribution in [0.3, 0.4) is 0 Å². The molecule has 0 aliphatic carbocycles. The molecule has 1 aromatic rings. The quantitative estimate of drug-likeness (QED) is 0.868. The molecule has 98 valence electrons. The Morgan fingerprint density at radius 3 is 2.83 bits per heavy atom. The van der Waals surface area contributed by atoms with Crippen LogP contribution in [0.1, 0.15) is 19.4 Å². The van der Waals surface area contributed by atoms with Gasteiger partial charge in [-0.1, -0.05) is 26.0 Å². The summed E-state index contributed by atoms with van der Waals surface area (Å²) in [6.07, 6.45) is 0. The molecule has 0 bridgehead atoms. The maximum atomic E-state index is 5.83. The van der Waals surface area contributed by atoms with Crippen LogP contribution in [-0.4, -0.2) is 31.1 Å². The van der Waals surface area contributed by atoms with Crippen LogP contribution in [-0.2, 0) is 6.54 Å². The molecule has 0 amide bonds. The normalized spacial score (nSPS) is 27.4. The van der Waals surface area contributed by atoms with E-state index in [1.165, 1.54) is 18.7 Å². The fourth-order valence-corrected chi connectivity index (χ4v) is 2.98. The topological polar surface area (TPSA) is 24.5 Å². The van der Waals surface area contributed by atoms with Gasteiger partial charge in [0.15, 0.2) is 0 Å². The molecule has 3 heteroatoms. The molecule has 1 saturated heterocycles. The Bertz CT molecular complexity index is 423. The summed E-state index contributed by atoms with van der Waals surface area (Å²) in [7, 11) is 0. The molecule has 2 aliphatic rings. The molecule has 3 rings (SSSR count). The molecule has 0 spiro atoms. The third-order valence-electron chi connectivity index (χ3n) is 4.22. The third kappa shape index (κ3) is 2.19. The van der Waals surface area contributed by atoms with Gasteiger partial charge in [0.25, 0.3) is 0 Å². The van der Waals surface area contributed by atoms with Gasteiger partial charge in [0, 0.05) is 31.7 Å². The minimum atomic E-state index is 0.775. The molecule has 18 heavy (non-hydrogen) atoms. The first-order valence-corrected chi connectivity index (χ1v) is 6.95. The average molecular weight is 246 g/mol. The molecule has 1 aromatic carbocycles. The fourth-order valence-electron chi connectivity index (χ4n) is 2.98. The number of anilines is 1. The summed E-state index contributed by atoms with van der Waals surface area (Å²) in [5.41, 5.74) is 2.47. The zero-order valence-corrected chi connectivity index (χ0v) is 11.3. The first kappa shape index (κ1) is 11.8.